The molecule has 4 aromatic carbocycles. The first kappa shape index (κ1) is 27.3. The van der Waals surface area contributed by atoms with E-state index < -0.39 is 6.04 Å². The summed E-state index contributed by atoms with van der Waals surface area (Å²) in [5, 5.41) is 0. The fraction of sp³-hybridized carbons (Fsp3) is 0.156. The molecule has 5 rings (SSSR count). The van der Waals surface area contributed by atoms with Crippen LogP contribution in [-0.2, 0) is 35.7 Å². The summed E-state index contributed by atoms with van der Waals surface area (Å²) in [5.74, 6) is 0.441. The Morgan fingerprint density at radius 1 is 0.775 bits per heavy atom. The molecule has 40 heavy (non-hydrogen) atoms. The molecule has 0 spiro atoms. The summed E-state index contributed by atoms with van der Waals surface area (Å²) in [5.41, 5.74) is 18.0. The second-order valence-electron chi connectivity index (χ2n) is 9.65. The van der Waals surface area contributed by atoms with E-state index in [1.165, 1.54) is 0 Å². The quantitative estimate of drug-likeness (QED) is 0.199. The molecule has 0 saturated heterocycles. The fourth-order valence-electron chi connectivity index (χ4n) is 4.81. The number of benzene rings is 4. The minimum absolute atomic E-state index is 0.123. The third kappa shape index (κ3) is 6.47. The number of thiocarbonyl (C=S) groups is 2. The summed E-state index contributed by atoms with van der Waals surface area (Å²) >= 11 is 10.3. The lowest BCUT2D eigenvalue weighted by Gasteiger charge is -2.26. The van der Waals surface area contributed by atoms with Crippen molar-refractivity contribution in [1.82, 2.24) is 0 Å². The van der Waals surface area contributed by atoms with Gasteiger partial charge in [0.15, 0.2) is 0 Å². The largest absolute Gasteiger partial charge is 0.489 e. The highest BCUT2D eigenvalue weighted by molar-refractivity contribution is 7.80. The van der Waals surface area contributed by atoms with E-state index in [0.29, 0.717) is 29.5 Å². The second-order valence-corrected chi connectivity index (χ2v) is 10.5. The Hall–Kier alpha value is -4.27. The summed E-state index contributed by atoms with van der Waals surface area (Å²) in [7, 11) is 0. The van der Waals surface area contributed by atoms with Crippen LogP contribution in [0.2, 0.25) is 0 Å². The van der Waals surface area contributed by atoms with E-state index in [0.717, 1.165) is 44.8 Å². The zero-order chi connectivity index (χ0) is 28.1. The Kier molecular flexibility index (Phi) is 8.38. The third-order valence-corrected chi connectivity index (χ3v) is 7.30. The molecule has 4 N–H and O–H groups in total. The topological polar surface area (TPSA) is 90.8 Å². The van der Waals surface area contributed by atoms with Crippen LogP contribution in [-0.4, -0.2) is 22.0 Å². The number of ether oxygens (including phenoxy) is 2. The molecule has 1 unspecified atom stereocenters. The van der Waals surface area contributed by atoms with Gasteiger partial charge in [0, 0.05) is 29.8 Å². The first-order chi connectivity index (χ1) is 19.4. The number of carbonyl (C=O) groups excluding carboxylic acids is 1. The van der Waals surface area contributed by atoms with E-state index in [-0.39, 0.29) is 12.6 Å². The van der Waals surface area contributed by atoms with Crippen LogP contribution in [0.5, 0.6) is 5.75 Å². The number of esters is 1. The predicted molar refractivity (Wildman–Crippen MR) is 165 cm³/mol. The number of hydrogen-bond donors (Lipinski definition) is 2. The average molecular weight is 568 g/mol. The lowest BCUT2D eigenvalue weighted by atomic mass is 10.1. The normalized spacial score (nSPS) is 13.9. The van der Waals surface area contributed by atoms with E-state index >= 15 is 0 Å². The molecule has 0 bridgehead atoms. The minimum Gasteiger partial charge on any atom is -0.489 e. The van der Waals surface area contributed by atoms with Gasteiger partial charge in [-0.3, -0.25) is 0 Å². The predicted octanol–water partition coefficient (Wildman–Crippen LogP) is 5.21. The highest BCUT2D eigenvalue weighted by Crippen LogP contribution is 2.37. The molecule has 0 amide bonds. The van der Waals surface area contributed by atoms with Gasteiger partial charge in [0.2, 0.25) is 0 Å². The molecule has 8 heteroatoms. The summed E-state index contributed by atoms with van der Waals surface area (Å²) in [6.45, 7) is 1.08. The van der Waals surface area contributed by atoms with Gasteiger partial charge in [0.1, 0.15) is 35.0 Å². The fourth-order valence-corrected chi connectivity index (χ4v) is 5.07. The van der Waals surface area contributed by atoms with Gasteiger partial charge in [-0.15, -0.1) is 0 Å². The van der Waals surface area contributed by atoms with Crippen molar-refractivity contribution in [1.29, 1.82) is 0 Å². The van der Waals surface area contributed by atoms with E-state index in [1.807, 2.05) is 97.1 Å². The maximum absolute atomic E-state index is 13.5. The van der Waals surface area contributed by atoms with Crippen LogP contribution in [0.25, 0.3) is 0 Å². The standard InChI is InChI=1S/C32H29N3O3S2/c33-30(39)24-10-4-8-22(14-24)18-35-28-13-12-27(37-19-21-6-2-1-3-7-21)16-26(28)17-29(35)32(36)38-20-23-9-5-11-25(15-23)31(34)40/h1-16,29H,17-20H2,(H2,33,39)(H2,34,40). The van der Waals surface area contributed by atoms with E-state index in [2.05, 4.69) is 4.90 Å². The Balaban J connectivity index is 1.37. The minimum atomic E-state index is -0.508. The molecule has 1 aliphatic rings. The SMILES string of the molecule is NC(=S)c1cccc(COC(=O)C2Cc3cc(OCc4ccccc4)ccc3N2Cc2cccc(C(N)=S)c2)c1. The molecule has 1 heterocycles. The van der Waals surface area contributed by atoms with Gasteiger partial charge in [0.25, 0.3) is 0 Å². The van der Waals surface area contributed by atoms with Crippen molar-refractivity contribution in [2.45, 2.75) is 32.2 Å². The highest BCUT2D eigenvalue weighted by Gasteiger charge is 2.36. The molecule has 0 radical (unpaired) electrons. The lowest BCUT2D eigenvalue weighted by molar-refractivity contribution is -0.146. The monoisotopic (exact) mass is 567 g/mol. The average Bonchev–Trinajstić information content (AvgIpc) is 3.33. The van der Waals surface area contributed by atoms with E-state index in [1.54, 1.807) is 0 Å². The number of nitrogens with zero attached hydrogens (tertiary/aromatic N) is 1. The van der Waals surface area contributed by atoms with Crippen molar-refractivity contribution in [3.63, 3.8) is 0 Å². The van der Waals surface area contributed by atoms with Gasteiger partial charge in [-0.25, -0.2) is 4.79 Å². The number of nitrogens with two attached hydrogens (primary N) is 2. The zero-order valence-electron chi connectivity index (χ0n) is 21.8. The molecular weight excluding hydrogens is 539 g/mol. The molecular formula is C32H29N3O3S2. The van der Waals surface area contributed by atoms with Crippen molar-refractivity contribution in [2.24, 2.45) is 11.5 Å². The molecule has 0 aromatic heterocycles. The van der Waals surface area contributed by atoms with Gasteiger partial charge in [-0.2, -0.15) is 0 Å². The Morgan fingerprint density at radius 3 is 2.12 bits per heavy atom. The first-order valence-electron chi connectivity index (χ1n) is 12.9. The van der Waals surface area contributed by atoms with Crippen LogP contribution in [0.15, 0.2) is 97.1 Å². The van der Waals surface area contributed by atoms with Crippen LogP contribution >= 0.6 is 24.4 Å². The molecule has 0 fully saturated rings. The van der Waals surface area contributed by atoms with Gasteiger partial charge in [-0.05, 0) is 52.6 Å². The number of anilines is 1. The van der Waals surface area contributed by atoms with Gasteiger partial charge < -0.3 is 25.8 Å². The van der Waals surface area contributed by atoms with Gasteiger partial charge in [0.05, 0.1) is 0 Å². The van der Waals surface area contributed by atoms with E-state index in [9.17, 15) is 4.79 Å². The first-order valence-corrected chi connectivity index (χ1v) is 13.7. The Morgan fingerprint density at radius 2 is 1.43 bits per heavy atom. The van der Waals surface area contributed by atoms with Crippen molar-refractivity contribution in [3.8, 4) is 5.75 Å². The Bertz CT molecular complexity index is 1560. The van der Waals surface area contributed by atoms with Gasteiger partial charge >= 0.3 is 5.97 Å². The molecule has 0 aliphatic carbocycles. The smallest absolute Gasteiger partial charge is 0.329 e. The summed E-state index contributed by atoms with van der Waals surface area (Å²) in [6.07, 6.45) is 0.499. The maximum Gasteiger partial charge on any atom is 0.329 e. The van der Waals surface area contributed by atoms with Crippen LogP contribution in [0.4, 0.5) is 5.69 Å². The van der Waals surface area contributed by atoms with Crippen molar-refractivity contribution in [2.75, 3.05) is 4.90 Å². The summed E-state index contributed by atoms with van der Waals surface area (Å²) < 4.78 is 11.9. The number of carbonyl (C=O) groups is 1. The molecule has 202 valence electrons. The molecule has 6 nitrogen and oxygen atoms in total. The van der Waals surface area contributed by atoms with Gasteiger partial charge in [-0.1, -0.05) is 91.2 Å². The molecule has 4 aromatic rings. The Labute approximate surface area is 244 Å². The van der Waals surface area contributed by atoms with Crippen molar-refractivity contribution in [3.05, 3.63) is 130 Å². The molecule has 1 atom stereocenters. The van der Waals surface area contributed by atoms with Crippen LogP contribution < -0.4 is 21.1 Å². The second kappa shape index (κ2) is 12.3. The van der Waals surface area contributed by atoms with Crippen LogP contribution in [0, 0.1) is 0 Å². The zero-order valence-corrected chi connectivity index (χ0v) is 23.4. The van der Waals surface area contributed by atoms with Crippen LogP contribution in [0.1, 0.15) is 33.4 Å². The summed E-state index contributed by atoms with van der Waals surface area (Å²) in [6, 6.07) is 30.6. The summed E-state index contributed by atoms with van der Waals surface area (Å²) in [4.78, 5) is 16.2. The van der Waals surface area contributed by atoms with E-state index in [4.69, 9.17) is 45.4 Å². The third-order valence-electron chi connectivity index (χ3n) is 6.83. The highest BCUT2D eigenvalue weighted by atomic mass is 32.1. The number of fused-ring (bicyclic) bond motifs is 1. The molecule has 0 saturated carbocycles. The van der Waals surface area contributed by atoms with Crippen molar-refractivity contribution >= 4 is 46.1 Å². The number of rotatable bonds is 10. The van der Waals surface area contributed by atoms with Crippen molar-refractivity contribution < 1.29 is 14.3 Å². The lowest BCUT2D eigenvalue weighted by Crippen LogP contribution is -2.39. The molecule has 1 aliphatic heterocycles. The number of hydrogen-bond acceptors (Lipinski definition) is 6. The maximum atomic E-state index is 13.5. The van der Waals surface area contributed by atoms with Crippen LogP contribution in [0.3, 0.4) is 0 Å².